The Morgan fingerprint density at radius 2 is 1.81 bits per heavy atom. The Bertz CT molecular complexity index is 1000. The zero-order valence-corrected chi connectivity index (χ0v) is 19.2. The predicted molar refractivity (Wildman–Crippen MR) is 126 cm³/mol. The van der Waals surface area contributed by atoms with Gasteiger partial charge in [0.25, 0.3) is 5.91 Å². The lowest BCUT2D eigenvalue weighted by Crippen LogP contribution is -2.46. The minimum atomic E-state index is 0.0226. The molecule has 2 aromatic rings. The van der Waals surface area contributed by atoms with Gasteiger partial charge in [-0.2, -0.15) is 5.26 Å². The Morgan fingerprint density at radius 3 is 2.42 bits per heavy atom. The molecule has 1 amide bonds. The van der Waals surface area contributed by atoms with Crippen LogP contribution in [0.1, 0.15) is 79.4 Å². The molecule has 4 rings (SSSR count). The largest absolute Gasteiger partial charge is 0.365 e. The smallest absolute Gasteiger partial charge is 0.251 e. The average molecular weight is 436 g/mol. The Labute approximate surface area is 190 Å². The van der Waals surface area contributed by atoms with Crippen molar-refractivity contribution < 1.29 is 4.79 Å². The molecule has 31 heavy (non-hydrogen) atoms. The van der Waals surface area contributed by atoms with Crippen LogP contribution in [0.3, 0.4) is 0 Å². The first-order valence-corrected chi connectivity index (χ1v) is 11.7. The highest BCUT2D eigenvalue weighted by atomic mass is 35.5. The summed E-state index contributed by atoms with van der Waals surface area (Å²) in [5.74, 6) is 0.487. The molecular weight excluding hydrogens is 406 g/mol. The van der Waals surface area contributed by atoms with E-state index in [1.54, 1.807) is 0 Å². The van der Waals surface area contributed by atoms with E-state index in [1.807, 2.05) is 30.3 Å². The van der Waals surface area contributed by atoms with Crippen LogP contribution in [0.25, 0.3) is 0 Å². The molecule has 5 heteroatoms. The van der Waals surface area contributed by atoms with Crippen LogP contribution in [0.4, 0.5) is 5.69 Å². The number of nitrogens with zero attached hydrogens (tertiary/aromatic N) is 2. The zero-order valence-electron chi connectivity index (χ0n) is 18.5. The summed E-state index contributed by atoms with van der Waals surface area (Å²) in [6.45, 7) is 6.55. The van der Waals surface area contributed by atoms with Crippen molar-refractivity contribution in [3.8, 4) is 6.07 Å². The molecule has 0 radical (unpaired) electrons. The molecule has 1 N–H and O–H groups in total. The first-order valence-electron chi connectivity index (χ1n) is 11.3. The number of halogens is 1. The number of rotatable bonds is 4. The minimum Gasteiger partial charge on any atom is -0.365 e. The first kappa shape index (κ1) is 21.7. The number of nitrogens with one attached hydrogen (secondary N) is 1. The van der Waals surface area contributed by atoms with Crippen LogP contribution in [0.5, 0.6) is 0 Å². The van der Waals surface area contributed by atoms with Gasteiger partial charge in [-0.3, -0.25) is 4.79 Å². The Hall–Kier alpha value is -2.51. The van der Waals surface area contributed by atoms with Crippen molar-refractivity contribution in [2.24, 2.45) is 0 Å². The first-order chi connectivity index (χ1) is 14.9. The number of carbonyl (C=O) groups is 1. The molecule has 2 aromatic carbocycles. The van der Waals surface area contributed by atoms with Crippen molar-refractivity contribution in [3.63, 3.8) is 0 Å². The monoisotopic (exact) mass is 435 g/mol. The van der Waals surface area contributed by atoms with Crippen molar-refractivity contribution in [1.82, 2.24) is 5.32 Å². The summed E-state index contributed by atoms with van der Waals surface area (Å²) < 4.78 is 0. The molecule has 1 atom stereocenters. The molecule has 2 aliphatic rings. The van der Waals surface area contributed by atoms with Gasteiger partial charge in [0.2, 0.25) is 0 Å². The highest BCUT2D eigenvalue weighted by molar-refractivity contribution is 6.33. The molecular formula is C26H30ClN3O. The zero-order chi connectivity index (χ0) is 22.1. The molecule has 1 aliphatic carbocycles. The van der Waals surface area contributed by atoms with E-state index in [2.05, 4.69) is 43.1 Å². The van der Waals surface area contributed by atoms with Gasteiger partial charge in [-0.05, 0) is 80.3 Å². The maximum absolute atomic E-state index is 12.7. The van der Waals surface area contributed by atoms with E-state index in [0.717, 1.165) is 43.2 Å². The third-order valence-electron chi connectivity index (χ3n) is 6.86. The number of amides is 1. The fourth-order valence-electron chi connectivity index (χ4n) is 5.11. The van der Waals surface area contributed by atoms with E-state index >= 15 is 0 Å². The summed E-state index contributed by atoms with van der Waals surface area (Å²) in [7, 11) is 0. The van der Waals surface area contributed by atoms with Crippen LogP contribution in [0, 0.1) is 11.3 Å². The second kappa shape index (κ2) is 8.93. The van der Waals surface area contributed by atoms with Crippen molar-refractivity contribution in [1.29, 1.82) is 5.26 Å². The fraction of sp³-hybridized carbons (Fsp3) is 0.462. The number of nitriles is 1. The van der Waals surface area contributed by atoms with Gasteiger partial charge in [0.15, 0.2) is 0 Å². The lowest BCUT2D eigenvalue weighted by Gasteiger charge is -2.39. The maximum atomic E-state index is 12.7. The highest BCUT2D eigenvalue weighted by Crippen LogP contribution is 2.42. The van der Waals surface area contributed by atoms with Gasteiger partial charge >= 0.3 is 0 Å². The highest BCUT2D eigenvalue weighted by Gasteiger charge is 2.35. The number of hydrogen-bond donors (Lipinski definition) is 1. The third-order valence-corrected chi connectivity index (χ3v) is 7.29. The normalized spacial score (nSPS) is 22.8. The molecule has 0 unspecified atom stereocenters. The maximum Gasteiger partial charge on any atom is 0.251 e. The van der Waals surface area contributed by atoms with E-state index in [1.165, 1.54) is 11.3 Å². The summed E-state index contributed by atoms with van der Waals surface area (Å²) in [4.78, 5) is 15.2. The summed E-state index contributed by atoms with van der Waals surface area (Å²) in [5, 5.41) is 13.1. The quantitative estimate of drug-likeness (QED) is 0.657. The second-order valence-corrected chi connectivity index (χ2v) is 9.63. The van der Waals surface area contributed by atoms with Crippen LogP contribution in [0.2, 0.25) is 5.02 Å². The predicted octanol–water partition coefficient (Wildman–Crippen LogP) is 5.83. The fourth-order valence-corrected chi connectivity index (χ4v) is 5.39. The van der Waals surface area contributed by atoms with Gasteiger partial charge in [0.05, 0.1) is 10.6 Å². The number of anilines is 1. The number of carbonyl (C=O) groups excluding carboxylic acids is 1. The average Bonchev–Trinajstić information content (AvgIpc) is 3.11. The van der Waals surface area contributed by atoms with Crippen LogP contribution in [0.15, 0.2) is 36.4 Å². The van der Waals surface area contributed by atoms with E-state index in [0.29, 0.717) is 28.6 Å². The van der Waals surface area contributed by atoms with Crippen LogP contribution >= 0.6 is 11.6 Å². The van der Waals surface area contributed by atoms with Gasteiger partial charge in [0, 0.05) is 29.4 Å². The lowest BCUT2D eigenvalue weighted by atomic mass is 9.89. The van der Waals surface area contributed by atoms with Gasteiger partial charge in [-0.25, -0.2) is 0 Å². The molecule has 0 aromatic heterocycles. The SMILES string of the molecule is CC(C)c1ccc(C(=O)NC2CCC(N3c4ccc(C#N)c(Cl)c4C[C@@H]3C)CC2)cc1. The molecule has 0 spiro atoms. The van der Waals surface area contributed by atoms with Crippen molar-refractivity contribution in [2.45, 2.75) is 76.9 Å². The van der Waals surface area contributed by atoms with Crippen molar-refractivity contribution in [3.05, 3.63) is 63.7 Å². The van der Waals surface area contributed by atoms with E-state index in [-0.39, 0.29) is 11.9 Å². The van der Waals surface area contributed by atoms with E-state index < -0.39 is 0 Å². The lowest BCUT2D eigenvalue weighted by molar-refractivity contribution is 0.0925. The van der Waals surface area contributed by atoms with Crippen molar-refractivity contribution >= 4 is 23.2 Å². The Morgan fingerprint density at radius 1 is 1.13 bits per heavy atom. The Balaban J connectivity index is 1.38. The molecule has 0 bridgehead atoms. The van der Waals surface area contributed by atoms with E-state index in [4.69, 9.17) is 11.6 Å². The Kier molecular flexibility index (Phi) is 6.25. The topological polar surface area (TPSA) is 56.1 Å². The number of hydrogen-bond acceptors (Lipinski definition) is 3. The molecule has 0 saturated heterocycles. The summed E-state index contributed by atoms with van der Waals surface area (Å²) >= 11 is 6.49. The van der Waals surface area contributed by atoms with Crippen LogP contribution in [-0.2, 0) is 6.42 Å². The van der Waals surface area contributed by atoms with Crippen LogP contribution < -0.4 is 10.2 Å². The van der Waals surface area contributed by atoms with Gasteiger partial charge in [-0.15, -0.1) is 0 Å². The standard InChI is InChI=1S/C26H30ClN3O/c1-16(2)18-4-6-19(7-5-18)26(31)29-21-9-11-22(12-10-21)30-17(3)14-23-24(30)13-8-20(15-28)25(23)27/h4-8,13,16-17,21-22H,9-12,14H2,1-3H3,(H,29,31)/t17-,21?,22?/m0/s1. The van der Waals surface area contributed by atoms with E-state index in [9.17, 15) is 10.1 Å². The molecule has 4 nitrogen and oxygen atoms in total. The number of fused-ring (bicyclic) bond motifs is 1. The molecule has 162 valence electrons. The molecule has 1 fully saturated rings. The van der Waals surface area contributed by atoms with Crippen LogP contribution in [-0.4, -0.2) is 24.0 Å². The van der Waals surface area contributed by atoms with Gasteiger partial charge < -0.3 is 10.2 Å². The summed E-state index contributed by atoms with van der Waals surface area (Å²) in [6, 6.07) is 15.1. The number of benzene rings is 2. The molecule has 1 saturated carbocycles. The second-order valence-electron chi connectivity index (χ2n) is 9.25. The minimum absolute atomic E-state index is 0.0226. The third kappa shape index (κ3) is 4.29. The molecule has 1 heterocycles. The van der Waals surface area contributed by atoms with Gasteiger partial charge in [-0.1, -0.05) is 37.6 Å². The summed E-state index contributed by atoms with van der Waals surface area (Å²) in [5.41, 5.74) is 4.82. The van der Waals surface area contributed by atoms with Crippen molar-refractivity contribution in [2.75, 3.05) is 4.90 Å². The molecule has 1 aliphatic heterocycles. The van der Waals surface area contributed by atoms with Gasteiger partial charge in [0.1, 0.15) is 6.07 Å². The summed E-state index contributed by atoms with van der Waals surface area (Å²) in [6.07, 6.45) is 4.91.